The Morgan fingerprint density at radius 3 is 2.29 bits per heavy atom. The van der Waals surface area contributed by atoms with Crippen molar-refractivity contribution in [3.05, 3.63) is 41.7 Å². The number of anilines is 1. The number of rotatable bonds is 20. The topological polar surface area (TPSA) is 202 Å². The number of morpholine rings is 1. The molecule has 0 atom stereocenters. The van der Waals surface area contributed by atoms with E-state index in [4.69, 9.17) is 34.8 Å². The number of hydrogen-bond donors (Lipinski definition) is 3. The highest BCUT2D eigenvalue weighted by Gasteiger charge is 2.29. The van der Waals surface area contributed by atoms with Crippen molar-refractivity contribution >= 4 is 40.4 Å². The van der Waals surface area contributed by atoms with Gasteiger partial charge in [-0.3, -0.25) is 23.9 Å². The second-order valence-corrected chi connectivity index (χ2v) is 13.4. The number of nitrogens with two attached hydrogens (primary N) is 1. The number of nitrogens with one attached hydrogen (secondary N) is 2. The maximum atomic E-state index is 13.1. The Bertz CT molecular complexity index is 1740. The van der Waals surface area contributed by atoms with Crippen LogP contribution < -0.4 is 21.3 Å². The van der Waals surface area contributed by atoms with E-state index in [2.05, 4.69) is 33.3 Å². The Hall–Kier alpha value is -4.68. The molecule has 1 aromatic carbocycles. The average Bonchev–Trinajstić information content (AvgIpc) is 3.58. The van der Waals surface area contributed by atoms with Gasteiger partial charge in [-0.1, -0.05) is 12.1 Å². The number of hydrogen-bond acceptors (Lipinski definition) is 13. The Labute approximate surface area is 321 Å². The standard InChI is InChI=1S/C38H54N8O9/c1-27-22-29(23-42-38(27)45-12-16-54-17-13-45)30-4-3-5-31-36(30)37(43-46(31)26-33(48)40-24-32(47)41-25-35(50)51-2)28-6-10-44(11-7-28)34(49)8-14-52-18-20-55-21-19-53-15-9-39/h3-5,22-23,28H,6-21,24-26,39H2,1-2H3,(H,40,48)(H,41,47). The molecule has 4 heterocycles. The number of benzene rings is 1. The van der Waals surface area contributed by atoms with Crippen molar-refractivity contribution in [1.82, 2.24) is 30.3 Å². The van der Waals surface area contributed by atoms with Gasteiger partial charge in [0.1, 0.15) is 18.9 Å². The predicted molar refractivity (Wildman–Crippen MR) is 203 cm³/mol. The maximum Gasteiger partial charge on any atom is 0.325 e. The average molecular weight is 767 g/mol. The predicted octanol–water partition coefficient (Wildman–Crippen LogP) is 0.753. The van der Waals surface area contributed by atoms with E-state index in [-0.39, 0.29) is 37.9 Å². The number of methoxy groups -OCH3 is 1. The Morgan fingerprint density at radius 1 is 0.909 bits per heavy atom. The summed E-state index contributed by atoms with van der Waals surface area (Å²) in [4.78, 5) is 58.8. The first kappa shape index (κ1) is 41.5. The number of nitrogens with zero attached hydrogens (tertiary/aromatic N) is 5. The Morgan fingerprint density at radius 2 is 1.60 bits per heavy atom. The number of carbonyl (C=O) groups is 4. The lowest BCUT2D eigenvalue weighted by molar-refractivity contribution is -0.141. The van der Waals surface area contributed by atoms with Crippen LogP contribution in [0, 0.1) is 6.92 Å². The normalized spacial score (nSPS) is 15.0. The summed E-state index contributed by atoms with van der Waals surface area (Å²) in [5.41, 5.74) is 9.96. The molecule has 2 saturated heterocycles. The molecule has 0 unspecified atom stereocenters. The monoisotopic (exact) mass is 766 g/mol. The summed E-state index contributed by atoms with van der Waals surface area (Å²) in [6, 6.07) is 8.07. The summed E-state index contributed by atoms with van der Waals surface area (Å²) in [6.45, 7) is 8.46. The third-order valence-electron chi connectivity index (χ3n) is 9.58. The third-order valence-corrected chi connectivity index (χ3v) is 9.58. The van der Waals surface area contributed by atoms with E-state index < -0.39 is 17.8 Å². The van der Waals surface area contributed by atoms with Gasteiger partial charge in [-0.2, -0.15) is 5.10 Å². The molecule has 0 saturated carbocycles. The number of pyridine rings is 1. The second-order valence-electron chi connectivity index (χ2n) is 13.4. The van der Waals surface area contributed by atoms with Crippen LogP contribution in [0.5, 0.6) is 0 Å². The summed E-state index contributed by atoms with van der Waals surface area (Å²) in [5, 5.41) is 11.0. The second kappa shape index (κ2) is 21.4. The number of likely N-dealkylation sites (tertiary alicyclic amines) is 1. The molecule has 5 rings (SSSR count). The molecule has 3 amide bonds. The van der Waals surface area contributed by atoms with Gasteiger partial charge in [0, 0.05) is 55.8 Å². The number of piperidine rings is 1. The fraction of sp³-hybridized carbons (Fsp3) is 0.579. The van der Waals surface area contributed by atoms with Crippen molar-refractivity contribution in [2.24, 2.45) is 5.73 Å². The summed E-state index contributed by atoms with van der Waals surface area (Å²) in [5.74, 6) is -0.507. The molecule has 0 bridgehead atoms. The minimum Gasteiger partial charge on any atom is -0.468 e. The van der Waals surface area contributed by atoms with Crippen molar-refractivity contribution < 1.29 is 42.9 Å². The molecular formula is C38H54N8O9. The molecule has 2 aromatic heterocycles. The minimum atomic E-state index is -0.588. The van der Waals surface area contributed by atoms with Crippen LogP contribution in [0.1, 0.15) is 36.4 Å². The SMILES string of the molecule is COC(=O)CNC(=O)CNC(=O)Cn1nc(C2CCN(C(=O)CCOCCOCCOCCN)CC2)c2c(-c3cnc(N4CCOCC4)c(C)c3)cccc21. The van der Waals surface area contributed by atoms with Crippen molar-refractivity contribution in [1.29, 1.82) is 0 Å². The number of esters is 1. The minimum absolute atomic E-state index is 0.0324. The van der Waals surface area contributed by atoms with Crippen LogP contribution in [-0.4, -0.2) is 149 Å². The first-order valence-electron chi connectivity index (χ1n) is 18.9. The number of aromatic nitrogens is 3. The highest BCUT2D eigenvalue weighted by Crippen LogP contribution is 2.39. The van der Waals surface area contributed by atoms with Crippen molar-refractivity contribution in [2.45, 2.75) is 38.6 Å². The number of carbonyl (C=O) groups excluding carboxylic acids is 4. The molecule has 2 aliphatic heterocycles. The quantitative estimate of drug-likeness (QED) is 0.108. The lowest BCUT2D eigenvalue weighted by atomic mass is 9.89. The summed E-state index contributed by atoms with van der Waals surface area (Å²) >= 11 is 0. The highest BCUT2D eigenvalue weighted by molar-refractivity contribution is 5.98. The summed E-state index contributed by atoms with van der Waals surface area (Å²) < 4.78 is 28.1. The number of aryl methyl sites for hydroxylation is 1. The Kier molecular flexibility index (Phi) is 16.2. The smallest absolute Gasteiger partial charge is 0.325 e. The lowest BCUT2D eigenvalue weighted by Crippen LogP contribution is -2.40. The largest absolute Gasteiger partial charge is 0.468 e. The van der Waals surface area contributed by atoms with E-state index >= 15 is 0 Å². The van der Waals surface area contributed by atoms with Crippen LogP contribution in [0.3, 0.4) is 0 Å². The zero-order valence-corrected chi connectivity index (χ0v) is 31.9. The van der Waals surface area contributed by atoms with E-state index in [0.717, 1.165) is 52.2 Å². The highest BCUT2D eigenvalue weighted by atomic mass is 16.5. The molecule has 300 valence electrons. The molecule has 17 nitrogen and oxygen atoms in total. The molecule has 0 aliphatic carbocycles. The van der Waals surface area contributed by atoms with Crippen molar-refractivity contribution in [3.63, 3.8) is 0 Å². The van der Waals surface area contributed by atoms with Crippen molar-refractivity contribution in [2.75, 3.05) is 111 Å². The van der Waals surface area contributed by atoms with E-state index in [9.17, 15) is 19.2 Å². The maximum absolute atomic E-state index is 13.1. The molecule has 3 aromatic rings. The van der Waals surface area contributed by atoms with Crippen LogP contribution in [0.15, 0.2) is 30.5 Å². The molecule has 55 heavy (non-hydrogen) atoms. The van der Waals surface area contributed by atoms with Gasteiger partial charge >= 0.3 is 5.97 Å². The van der Waals surface area contributed by atoms with Crippen LogP contribution >= 0.6 is 0 Å². The van der Waals surface area contributed by atoms with E-state index in [1.807, 2.05) is 29.3 Å². The number of amides is 3. The zero-order chi connectivity index (χ0) is 39.0. The number of ether oxygens (including phenoxy) is 5. The van der Waals surface area contributed by atoms with Gasteiger partial charge in [-0.25, -0.2) is 4.98 Å². The van der Waals surface area contributed by atoms with Crippen LogP contribution in [0.2, 0.25) is 0 Å². The lowest BCUT2D eigenvalue weighted by Gasteiger charge is -2.31. The van der Waals surface area contributed by atoms with E-state index in [0.29, 0.717) is 85.3 Å². The summed E-state index contributed by atoms with van der Waals surface area (Å²) in [7, 11) is 1.23. The van der Waals surface area contributed by atoms with Gasteiger partial charge in [-0.05, 0) is 43.0 Å². The third kappa shape index (κ3) is 11.9. The number of fused-ring (bicyclic) bond motifs is 1. The van der Waals surface area contributed by atoms with Gasteiger partial charge in [0.05, 0.1) is 84.1 Å². The molecule has 2 fully saturated rings. The van der Waals surface area contributed by atoms with Gasteiger partial charge in [0.15, 0.2) is 0 Å². The van der Waals surface area contributed by atoms with Crippen LogP contribution in [-0.2, 0) is 49.4 Å². The van der Waals surface area contributed by atoms with Crippen LogP contribution in [0.25, 0.3) is 22.0 Å². The molecule has 0 radical (unpaired) electrons. The van der Waals surface area contributed by atoms with Gasteiger partial charge in [0.2, 0.25) is 17.7 Å². The fourth-order valence-corrected chi connectivity index (χ4v) is 6.75. The first-order valence-corrected chi connectivity index (χ1v) is 18.9. The van der Waals surface area contributed by atoms with E-state index in [1.54, 1.807) is 4.68 Å². The fourth-order valence-electron chi connectivity index (χ4n) is 6.75. The molecule has 17 heteroatoms. The van der Waals surface area contributed by atoms with Crippen molar-refractivity contribution in [3.8, 4) is 11.1 Å². The van der Waals surface area contributed by atoms with Gasteiger partial charge in [-0.15, -0.1) is 0 Å². The molecule has 0 spiro atoms. The van der Waals surface area contributed by atoms with Gasteiger partial charge in [0.25, 0.3) is 0 Å². The first-order chi connectivity index (χ1) is 26.8. The van der Waals surface area contributed by atoms with E-state index in [1.165, 1.54) is 7.11 Å². The Balaban J connectivity index is 1.27. The van der Waals surface area contributed by atoms with Crippen LogP contribution in [0.4, 0.5) is 5.82 Å². The molecular weight excluding hydrogens is 712 g/mol. The molecule has 2 aliphatic rings. The zero-order valence-electron chi connectivity index (χ0n) is 31.9. The van der Waals surface area contributed by atoms with Gasteiger partial charge < -0.3 is 49.9 Å². The summed E-state index contributed by atoms with van der Waals surface area (Å²) in [6.07, 6.45) is 3.58. The molecule has 4 N–H and O–H groups in total.